The third kappa shape index (κ3) is 3.71. The predicted molar refractivity (Wildman–Crippen MR) is 118 cm³/mol. The van der Waals surface area contributed by atoms with E-state index in [1.807, 2.05) is 0 Å². The molecule has 3 heterocycles. The molecular formula is C25H29F3N4O. The minimum absolute atomic E-state index is 0.121. The molecule has 5 atom stereocenters. The fraction of sp³-hybridized carbons (Fsp3) is 0.600. The summed E-state index contributed by atoms with van der Waals surface area (Å²) >= 11 is 0. The Morgan fingerprint density at radius 2 is 1.91 bits per heavy atom. The van der Waals surface area contributed by atoms with Crippen molar-refractivity contribution in [1.82, 2.24) is 10.2 Å². The number of nitrogens with two attached hydrogens (primary N) is 1. The smallest absolute Gasteiger partial charge is 0.168 e. The van der Waals surface area contributed by atoms with Gasteiger partial charge in [-0.05, 0) is 79.9 Å². The summed E-state index contributed by atoms with van der Waals surface area (Å²) in [5.41, 5.74) is 6.68. The Morgan fingerprint density at radius 1 is 1.09 bits per heavy atom. The Kier molecular flexibility index (Phi) is 5.14. The molecule has 2 saturated carbocycles. The van der Waals surface area contributed by atoms with Crippen molar-refractivity contribution in [3.05, 3.63) is 41.7 Å². The summed E-state index contributed by atoms with van der Waals surface area (Å²) in [6, 6.07) is 5.51. The summed E-state index contributed by atoms with van der Waals surface area (Å²) in [5, 5.41) is 8.53. The van der Waals surface area contributed by atoms with E-state index in [-0.39, 0.29) is 17.3 Å². The Bertz CT molecular complexity index is 1040. The number of nitrogens with zero attached hydrogens (tertiary/aromatic N) is 3. The van der Waals surface area contributed by atoms with Gasteiger partial charge in [0.15, 0.2) is 17.5 Å². The summed E-state index contributed by atoms with van der Waals surface area (Å²) in [6.07, 6.45) is 6.78. The molecule has 4 fully saturated rings. The molecule has 4 unspecified atom stereocenters. The average Bonchev–Trinajstić information content (AvgIpc) is 3.13. The van der Waals surface area contributed by atoms with Gasteiger partial charge in [-0.2, -0.15) is 0 Å². The van der Waals surface area contributed by atoms with Crippen molar-refractivity contribution in [2.24, 2.45) is 28.9 Å². The van der Waals surface area contributed by atoms with E-state index in [0.717, 1.165) is 63.7 Å². The van der Waals surface area contributed by atoms with Gasteiger partial charge in [-0.15, -0.1) is 10.2 Å². The van der Waals surface area contributed by atoms with Gasteiger partial charge in [-0.25, -0.2) is 13.2 Å². The normalized spacial score (nSPS) is 32.4. The zero-order valence-corrected chi connectivity index (χ0v) is 18.5. The summed E-state index contributed by atoms with van der Waals surface area (Å²) < 4.78 is 47.1. The van der Waals surface area contributed by atoms with E-state index in [0.29, 0.717) is 35.3 Å². The van der Waals surface area contributed by atoms with Crippen molar-refractivity contribution >= 4 is 5.82 Å². The highest BCUT2D eigenvalue weighted by Crippen LogP contribution is 2.62. The Labute approximate surface area is 191 Å². The number of hydrogen-bond donors (Lipinski definition) is 1. The molecule has 1 aromatic carbocycles. The molecule has 2 N–H and O–H groups in total. The van der Waals surface area contributed by atoms with Crippen LogP contribution in [0, 0.1) is 40.6 Å². The van der Waals surface area contributed by atoms with Crippen LogP contribution in [0.25, 0.3) is 11.3 Å². The number of benzene rings is 1. The second-order valence-corrected chi connectivity index (χ2v) is 10.5. The highest BCUT2D eigenvalue weighted by atomic mass is 19.2. The highest BCUT2D eigenvalue weighted by Gasteiger charge is 2.57. The molecule has 4 aliphatic rings. The Balaban J connectivity index is 1.25. The van der Waals surface area contributed by atoms with Crippen LogP contribution in [0.2, 0.25) is 0 Å². The molecule has 0 radical (unpaired) electrons. The minimum Gasteiger partial charge on any atom is -0.381 e. The van der Waals surface area contributed by atoms with Gasteiger partial charge in [0.25, 0.3) is 0 Å². The molecule has 1 aromatic heterocycles. The number of anilines is 1. The number of halogens is 3. The van der Waals surface area contributed by atoms with Crippen molar-refractivity contribution in [1.29, 1.82) is 0 Å². The lowest BCUT2D eigenvalue weighted by molar-refractivity contribution is 0.0508. The van der Waals surface area contributed by atoms with Gasteiger partial charge in [0.2, 0.25) is 0 Å². The fourth-order valence-corrected chi connectivity index (χ4v) is 6.88. The van der Waals surface area contributed by atoms with Crippen LogP contribution in [0.4, 0.5) is 19.0 Å². The number of hydrogen-bond acceptors (Lipinski definition) is 5. The average molecular weight is 459 g/mol. The number of rotatable bonds is 4. The van der Waals surface area contributed by atoms with Gasteiger partial charge in [0.1, 0.15) is 5.82 Å². The van der Waals surface area contributed by atoms with Gasteiger partial charge in [-0.1, -0.05) is 0 Å². The monoisotopic (exact) mass is 458 g/mol. The predicted octanol–water partition coefficient (Wildman–Crippen LogP) is 4.31. The quantitative estimate of drug-likeness (QED) is 0.692. The number of ether oxygens (including phenoxy) is 1. The highest BCUT2D eigenvalue weighted by molar-refractivity contribution is 5.61. The first-order chi connectivity index (χ1) is 15.9. The zero-order chi connectivity index (χ0) is 22.7. The maximum Gasteiger partial charge on any atom is 0.168 e. The first-order valence-corrected chi connectivity index (χ1v) is 12.0. The lowest BCUT2D eigenvalue weighted by Crippen LogP contribution is -2.36. The van der Waals surface area contributed by atoms with Crippen molar-refractivity contribution < 1.29 is 17.9 Å². The maximum absolute atomic E-state index is 14.2. The summed E-state index contributed by atoms with van der Waals surface area (Å²) in [7, 11) is 0. The third-order valence-electron chi connectivity index (χ3n) is 8.70. The van der Waals surface area contributed by atoms with Crippen LogP contribution in [0.1, 0.15) is 38.5 Å². The van der Waals surface area contributed by atoms with Gasteiger partial charge in [0, 0.05) is 43.5 Å². The number of aromatic nitrogens is 2. The molecule has 2 aliphatic carbocycles. The summed E-state index contributed by atoms with van der Waals surface area (Å²) in [4.78, 5) is 2.35. The lowest BCUT2D eigenvalue weighted by Gasteiger charge is -2.31. The molecule has 0 amide bonds. The summed E-state index contributed by atoms with van der Waals surface area (Å²) in [5.74, 6) is -0.640. The van der Waals surface area contributed by atoms with E-state index < -0.39 is 17.5 Å². The minimum atomic E-state index is -1.23. The lowest BCUT2D eigenvalue weighted by atomic mass is 9.86. The fourth-order valence-electron chi connectivity index (χ4n) is 6.88. The second kappa shape index (κ2) is 7.94. The van der Waals surface area contributed by atoms with Crippen LogP contribution < -0.4 is 10.6 Å². The molecule has 0 bridgehead atoms. The van der Waals surface area contributed by atoms with E-state index >= 15 is 0 Å². The first-order valence-electron chi connectivity index (χ1n) is 12.0. The van der Waals surface area contributed by atoms with Crippen LogP contribution in [0.3, 0.4) is 0 Å². The molecule has 33 heavy (non-hydrogen) atoms. The van der Waals surface area contributed by atoms with Crippen LogP contribution in [-0.4, -0.2) is 42.0 Å². The maximum atomic E-state index is 14.2. The molecule has 2 aromatic rings. The van der Waals surface area contributed by atoms with Gasteiger partial charge in [0.05, 0.1) is 5.69 Å². The van der Waals surface area contributed by atoms with Crippen molar-refractivity contribution in [2.75, 3.05) is 24.7 Å². The summed E-state index contributed by atoms with van der Waals surface area (Å²) in [6.45, 7) is 2.63. The largest absolute Gasteiger partial charge is 0.381 e. The van der Waals surface area contributed by atoms with Crippen LogP contribution >= 0.6 is 0 Å². The van der Waals surface area contributed by atoms with E-state index in [9.17, 15) is 13.2 Å². The van der Waals surface area contributed by atoms with Crippen molar-refractivity contribution in [2.45, 2.75) is 50.6 Å². The van der Waals surface area contributed by atoms with Gasteiger partial charge in [-0.3, -0.25) is 0 Å². The zero-order valence-electron chi connectivity index (χ0n) is 18.5. The van der Waals surface area contributed by atoms with Gasteiger partial charge >= 0.3 is 0 Å². The van der Waals surface area contributed by atoms with E-state index in [4.69, 9.17) is 10.5 Å². The van der Waals surface area contributed by atoms with Crippen LogP contribution in [0.5, 0.6) is 0 Å². The second-order valence-electron chi connectivity index (χ2n) is 10.5. The molecule has 6 rings (SSSR count). The molecule has 2 aliphatic heterocycles. The van der Waals surface area contributed by atoms with Crippen molar-refractivity contribution in [3.8, 4) is 11.3 Å². The SMILES string of the molecule is NC1CC2CN(c3ccc(-c4cc(F)cc(F)c4F)nn3)C(C[C@@H]3CC34CCOCC4)C2C1. The standard InChI is InChI=1S/C25H29F3N4O/c26-16-9-19(24(28)20(27)10-16)21-1-2-23(31-30-21)32-13-14-7-17(29)11-18(14)22(32)8-15-12-25(15)3-5-33-6-4-25/h1-2,9-10,14-15,17-18,22H,3-8,11-13,29H2/t14?,15-,17?,18?,22?/m1/s1. The Morgan fingerprint density at radius 3 is 2.67 bits per heavy atom. The van der Waals surface area contributed by atoms with Gasteiger partial charge < -0.3 is 15.4 Å². The van der Waals surface area contributed by atoms with Crippen LogP contribution in [-0.2, 0) is 4.74 Å². The molecular weight excluding hydrogens is 429 g/mol. The molecule has 1 spiro atoms. The Hall–Kier alpha value is -2.19. The van der Waals surface area contributed by atoms with E-state index in [2.05, 4.69) is 15.1 Å². The van der Waals surface area contributed by atoms with E-state index in [1.165, 1.54) is 6.42 Å². The number of fused-ring (bicyclic) bond motifs is 1. The molecule has 2 saturated heterocycles. The topological polar surface area (TPSA) is 64.3 Å². The van der Waals surface area contributed by atoms with Crippen molar-refractivity contribution in [3.63, 3.8) is 0 Å². The van der Waals surface area contributed by atoms with E-state index in [1.54, 1.807) is 12.1 Å². The molecule has 176 valence electrons. The molecule has 5 nitrogen and oxygen atoms in total. The van der Waals surface area contributed by atoms with Crippen LogP contribution in [0.15, 0.2) is 24.3 Å². The first kappa shape index (κ1) is 21.4. The molecule has 8 heteroatoms. The third-order valence-corrected chi connectivity index (χ3v) is 8.70.